The molecule has 0 fully saturated rings. The highest BCUT2D eigenvalue weighted by molar-refractivity contribution is 5.99. The Morgan fingerprint density at radius 1 is 0.903 bits per heavy atom. The van der Waals surface area contributed by atoms with Crippen LogP contribution in [0.15, 0.2) is 77.9 Å². The van der Waals surface area contributed by atoms with E-state index in [1.54, 1.807) is 7.11 Å². The van der Waals surface area contributed by atoms with Crippen LogP contribution < -0.4 is 19.6 Å². The van der Waals surface area contributed by atoms with E-state index in [-0.39, 0.29) is 12.5 Å². The van der Waals surface area contributed by atoms with E-state index >= 15 is 0 Å². The first-order valence-electron chi connectivity index (χ1n) is 9.93. The monoisotopic (exact) mass is 418 g/mol. The van der Waals surface area contributed by atoms with Gasteiger partial charge in [0.1, 0.15) is 12.4 Å². The maximum atomic E-state index is 12.1. The first-order chi connectivity index (χ1) is 15.1. The number of ether oxygens (including phenoxy) is 3. The molecule has 0 aliphatic heterocycles. The highest BCUT2D eigenvalue weighted by atomic mass is 16.5. The molecule has 0 spiro atoms. The summed E-state index contributed by atoms with van der Waals surface area (Å²) in [5, 5.41) is 4.17. The largest absolute Gasteiger partial charge is 0.493 e. The molecule has 6 heteroatoms. The smallest absolute Gasteiger partial charge is 0.277 e. The molecule has 3 rings (SSSR count). The van der Waals surface area contributed by atoms with Crippen LogP contribution in [0.25, 0.3) is 0 Å². The minimum Gasteiger partial charge on any atom is -0.493 e. The summed E-state index contributed by atoms with van der Waals surface area (Å²) in [6, 6.07) is 23.0. The molecule has 0 heterocycles. The van der Waals surface area contributed by atoms with Gasteiger partial charge in [-0.1, -0.05) is 48.5 Å². The number of methoxy groups -OCH3 is 1. The maximum absolute atomic E-state index is 12.1. The van der Waals surface area contributed by atoms with E-state index < -0.39 is 0 Å². The Bertz CT molecular complexity index is 1050. The van der Waals surface area contributed by atoms with Crippen molar-refractivity contribution >= 4 is 11.6 Å². The third-order valence-corrected chi connectivity index (χ3v) is 4.62. The van der Waals surface area contributed by atoms with Crippen molar-refractivity contribution in [2.45, 2.75) is 20.5 Å². The van der Waals surface area contributed by atoms with Gasteiger partial charge in [0.05, 0.1) is 12.8 Å². The fraction of sp³-hybridized carbons (Fsp3) is 0.200. The molecule has 3 aromatic rings. The summed E-state index contributed by atoms with van der Waals surface area (Å²) in [5.74, 6) is 1.57. The lowest BCUT2D eigenvalue weighted by molar-refractivity contribution is -0.123. The molecule has 0 unspecified atom stereocenters. The van der Waals surface area contributed by atoms with Crippen LogP contribution in [-0.2, 0) is 11.4 Å². The average Bonchev–Trinajstić information content (AvgIpc) is 2.81. The minimum atomic E-state index is -0.336. The molecule has 0 bridgehead atoms. The summed E-state index contributed by atoms with van der Waals surface area (Å²) in [6.07, 6.45) is 0. The Labute approximate surface area is 182 Å². The SMILES string of the molecule is COc1cc(/C(C)=N/NC(=O)COc2ccccc2C)ccc1OCc1ccccc1. The van der Waals surface area contributed by atoms with Gasteiger partial charge in [-0.25, -0.2) is 5.43 Å². The van der Waals surface area contributed by atoms with E-state index in [1.807, 2.05) is 86.6 Å². The quantitative estimate of drug-likeness (QED) is 0.410. The predicted molar refractivity (Wildman–Crippen MR) is 121 cm³/mol. The van der Waals surface area contributed by atoms with Crippen molar-refractivity contribution in [3.63, 3.8) is 0 Å². The van der Waals surface area contributed by atoms with Gasteiger partial charge in [-0.05, 0) is 49.2 Å². The zero-order valence-corrected chi connectivity index (χ0v) is 17.9. The molecule has 1 amide bonds. The van der Waals surface area contributed by atoms with Crippen molar-refractivity contribution in [1.29, 1.82) is 0 Å². The van der Waals surface area contributed by atoms with Crippen molar-refractivity contribution in [2.24, 2.45) is 5.10 Å². The number of para-hydroxylation sites is 1. The minimum absolute atomic E-state index is 0.114. The second-order valence-electron chi connectivity index (χ2n) is 6.93. The van der Waals surface area contributed by atoms with E-state index in [4.69, 9.17) is 14.2 Å². The molecule has 0 aliphatic carbocycles. The van der Waals surface area contributed by atoms with Gasteiger partial charge in [0, 0.05) is 5.56 Å². The van der Waals surface area contributed by atoms with Crippen molar-refractivity contribution in [3.8, 4) is 17.2 Å². The molecule has 31 heavy (non-hydrogen) atoms. The summed E-state index contributed by atoms with van der Waals surface area (Å²) in [7, 11) is 1.59. The molecule has 6 nitrogen and oxygen atoms in total. The van der Waals surface area contributed by atoms with E-state index in [0.717, 1.165) is 16.7 Å². The van der Waals surface area contributed by atoms with Gasteiger partial charge in [0.15, 0.2) is 18.1 Å². The van der Waals surface area contributed by atoms with Crippen LogP contribution in [0, 0.1) is 6.92 Å². The normalized spacial score (nSPS) is 11.0. The Morgan fingerprint density at radius 2 is 1.65 bits per heavy atom. The molecule has 0 aliphatic rings. The summed E-state index contributed by atoms with van der Waals surface area (Å²) in [6.45, 7) is 4.07. The summed E-state index contributed by atoms with van der Waals surface area (Å²) in [4.78, 5) is 12.1. The van der Waals surface area contributed by atoms with Crippen molar-refractivity contribution in [2.75, 3.05) is 13.7 Å². The number of aryl methyl sites for hydroxylation is 1. The molecule has 0 radical (unpaired) electrons. The number of carbonyl (C=O) groups excluding carboxylic acids is 1. The number of carbonyl (C=O) groups is 1. The number of rotatable bonds is 9. The van der Waals surface area contributed by atoms with Crippen LogP contribution >= 0.6 is 0 Å². The highest BCUT2D eigenvalue weighted by Gasteiger charge is 2.09. The topological polar surface area (TPSA) is 69.2 Å². The molecule has 1 N–H and O–H groups in total. The fourth-order valence-corrected chi connectivity index (χ4v) is 2.85. The van der Waals surface area contributed by atoms with Gasteiger partial charge in [-0.2, -0.15) is 5.10 Å². The molecule has 160 valence electrons. The number of amides is 1. The van der Waals surface area contributed by atoms with Gasteiger partial charge < -0.3 is 14.2 Å². The molecule has 0 saturated carbocycles. The van der Waals surface area contributed by atoms with Crippen LogP contribution in [0.3, 0.4) is 0 Å². The molecule has 3 aromatic carbocycles. The van der Waals surface area contributed by atoms with Crippen molar-refractivity contribution in [1.82, 2.24) is 5.43 Å². The average molecular weight is 418 g/mol. The van der Waals surface area contributed by atoms with Gasteiger partial charge in [0.2, 0.25) is 0 Å². The third-order valence-electron chi connectivity index (χ3n) is 4.62. The van der Waals surface area contributed by atoms with Crippen LogP contribution in [0.5, 0.6) is 17.2 Å². The third kappa shape index (κ3) is 6.34. The Kier molecular flexibility index (Phi) is 7.65. The first kappa shape index (κ1) is 21.9. The molecular formula is C25H26N2O4. The lowest BCUT2D eigenvalue weighted by Crippen LogP contribution is -2.25. The number of hydrogen-bond donors (Lipinski definition) is 1. The van der Waals surface area contributed by atoms with Gasteiger partial charge in [0.25, 0.3) is 5.91 Å². The molecule has 0 saturated heterocycles. The lowest BCUT2D eigenvalue weighted by Gasteiger charge is -2.12. The summed E-state index contributed by atoms with van der Waals surface area (Å²) in [5.41, 5.74) is 6.01. The fourth-order valence-electron chi connectivity index (χ4n) is 2.85. The van der Waals surface area contributed by atoms with Crippen LogP contribution in [-0.4, -0.2) is 25.3 Å². The first-order valence-corrected chi connectivity index (χ1v) is 9.93. The predicted octanol–water partition coefficient (Wildman–Crippen LogP) is 4.50. The summed E-state index contributed by atoms with van der Waals surface area (Å²) < 4.78 is 16.9. The van der Waals surface area contributed by atoms with Crippen LogP contribution in [0.1, 0.15) is 23.6 Å². The second-order valence-corrected chi connectivity index (χ2v) is 6.93. The Hall–Kier alpha value is -3.80. The number of hydrazone groups is 1. The van der Waals surface area contributed by atoms with Gasteiger partial charge in [-0.15, -0.1) is 0 Å². The zero-order chi connectivity index (χ0) is 22.1. The number of nitrogens with one attached hydrogen (secondary N) is 1. The number of hydrogen-bond acceptors (Lipinski definition) is 5. The number of nitrogens with zero attached hydrogens (tertiary/aromatic N) is 1. The van der Waals surface area contributed by atoms with E-state index in [2.05, 4.69) is 10.5 Å². The zero-order valence-electron chi connectivity index (χ0n) is 17.9. The number of benzene rings is 3. The van der Waals surface area contributed by atoms with Crippen LogP contribution in [0.4, 0.5) is 0 Å². The second kappa shape index (κ2) is 10.8. The van der Waals surface area contributed by atoms with Gasteiger partial charge >= 0.3 is 0 Å². The maximum Gasteiger partial charge on any atom is 0.277 e. The molecule has 0 atom stereocenters. The van der Waals surface area contributed by atoms with Gasteiger partial charge in [-0.3, -0.25) is 4.79 Å². The standard InChI is InChI=1S/C25H26N2O4/c1-18-9-7-8-12-22(18)31-17-25(28)27-26-19(2)21-13-14-23(24(15-21)29-3)30-16-20-10-5-4-6-11-20/h4-15H,16-17H2,1-3H3,(H,27,28)/b26-19+. The lowest BCUT2D eigenvalue weighted by atomic mass is 10.1. The van der Waals surface area contributed by atoms with E-state index in [0.29, 0.717) is 29.6 Å². The van der Waals surface area contributed by atoms with E-state index in [1.165, 1.54) is 0 Å². The van der Waals surface area contributed by atoms with Crippen molar-refractivity contribution < 1.29 is 19.0 Å². The van der Waals surface area contributed by atoms with E-state index in [9.17, 15) is 4.79 Å². The van der Waals surface area contributed by atoms with Crippen LogP contribution in [0.2, 0.25) is 0 Å². The Balaban J connectivity index is 1.58. The van der Waals surface area contributed by atoms with Crippen molar-refractivity contribution in [3.05, 3.63) is 89.5 Å². The summed E-state index contributed by atoms with van der Waals surface area (Å²) >= 11 is 0. The highest BCUT2D eigenvalue weighted by Crippen LogP contribution is 2.29. The Morgan fingerprint density at radius 3 is 2.39 bits per heavy atom. The molecule has 0 aromatic heterocycles. The molecular weight excluding hydrogens is 392 g/mol.